The van der Waals surface area contributed by atoms with Gasteiger partial charge in [0.1, 0.15) is 6.10 Å². The Morgan fingerprint density at radius 3 is 2.45 bits per heavy atom. The Balaban J connectivity index is 1.97. The van der Waals surface area contributed by atoms with Gasteiger partial charge >= 0.3 is 0 Å². The number of morpholine rings is 1. The van der Waals surface area contributed by atoms with Gasteiger partial charge in [0.25, 0.3) is 0 Å². The minimum atomic E-state index is -0.737. The molecule has 2 aromatic rings. The van der Waals surface area contributed by atoms with Gasteiger partial charge in [0.2, 0.25) is 0 Å². The van der Waals surface area contributed by atoms with Gasteiger partial charge in [0, 0.05) is 35.1 Å². The topological polar surface area (TPSA) is 58.7 Å². The number of halogens is 1. The third kappa shape index (κ3) is 3.19. The molecule has 0 radical (unpaired) electrons. The van der Waals surface area contributed by atoms with Gasteiger partial charge in [0.05, 0.1) is 13.2 Å². The highest BCUT2D eigenvalue weighted by Crippen LogP contribution is 2.33. The summed E-state index contributed by atoms with van der Waals surface area (Å²) in [4.78, 5) is 2.22. The summed E-state index contributed by atoms with van der Waals surface area (Å²) in [6.07, 6.45) is -0.737. The zero-order valence-electron chi connectivity index (χ0n) is 12.2. The molecule has 0 aromatic heterocycles. The van der Waals surface area contributed by atoms with Gasteiger partial charge in [-0.3, -0.25) is 0 Å². The monoisotopic (exact) mass is 318 g/mol. The van der Waals surface area contributed by atoms with E-state index in [2.05, 4.69) is 4.90 Å². The summed E-state index contributed by atoms with van der Waals surface area (Å²) in [6.45, 7) is 3.01. The summed E-state index contributed by atoms with van der Waals surface area (Å²) in [6, 6.07) is 12.9. The quantitative estimate of drug-likeness (QED) is 0.854. The number of benzene rings is 2. The molecule has 1 unspecified atom stereocenters. The third-order valence-electron chi connectivity index (χ3n) is 3.88. The van der Waals surface area contributed by atoms with Crippen molar-refractivity contribution in [2.75, 3.05) is 36.9 Å². The van der Waals surface area contributed by atoms with Gasteiger partial charge in [-0.1, -0.05) is 23.7 Å². The molecule has 0 aliphatic carbocycles. The van der Waals surface area contributed by atoms with Gasteiger partial charge in [-0.2, -0.15) is 0 Å². The Bertz CT molecular complexity index is 640. The van der Waals surface area contributed by atoms with Crippen LogP contribution in [0.25, 0.3) is 0 Å². The normalized spacial score (nSPS) is 16.5. The lowest BCUT2D eigenvalue weighted by Gasteiger charge is -2.31. The van der Waals surface area contributed by atoms with E-state index in [-0.39, 0.29) is 0 Å². The van der Waals surface area contributed by atoms with Crippen molar-refractivity contribution in [3.8, 4) is 0 Å². The van der Waals surface area contributed by atoms with Crippen LogP contribution in [0, 0.1) is 0 Å². The second kappa shape index (κ2) is 6.57. The number of nitrogen functional groups attached to an aromatic ring is 1. The molecule has 2 aromatic carbocycles. The largest absolute Gasteiger partial charge is 0.399 e. The van der Waals surface area contributed by atoms with Gasteiger partial charge < -0.3 is 20.5 Å². The van der Waals surface area contributed by atoms with E-state index in [0.717, 1.165) is 29.9 Å². The van der Waals surface area contributed by atoms with Crippen LogP contribution in [0.2, 0.25) is 5.02 Å². The number of ether oxygens (including phenoxy) is 1. The van der Waals surface area contributed by atoms with Crippen molar-refractivity contribution < 1.29 is 9.84 Å². The van der Waals surface area contributed by atoms with Crippen LogP contribution in [0.1, 0.15) is 17.2 Å². The first kappa shape index (κ1) is 15.2. The molecule has 1 aliphatic heterocycles. The Labute approximate surface area is 135 Å². The van der Waals surface area contributed by atoms with Crippen LogP contribution >= 0.6 is 11.6 Å². The van der Waals surface area contributed by atoms with Gasteiger partial charge in [-0.15, -0.1) is 0 Å². The first-order valence-corrected chi connectivity index (χ1v) is 7.68. The summed E-state index contributed by atoms with van der Waals surface area (Å²) in [7, 11) is 0. The maximum absolute atomic E-state index is 10.8. The maximum atomic E-state index is 10.8. The highest BCUT2D eigenvalue weighted by Gasteiger charge is 2.20. The highest BCUT2D eigenvalue weighted by molar-refractivity contribution is 6.30. The Kier molecular flexibility index (Phi) is 4.52. The number of hydrogen-bond donors (Lipinski definition) is 2. The molecule has 1 heterocycles. The van der Waals surface area contributed by atoms with E-state index in [4.69, 9.17) is 22.1 Å². The number of rotatable bonds is 3. The molecule has 116 valence electrons. The number of anilines is 2. The van der Waals surface area contributed by atoms with Gasteiger partial charge in [-0.05, 0) is 35.9 Å². The molecule has 1 fully saturated rings. The lowest BCUT2D eigenvalue weighted by molar-refractivity contribution is 0.122. The van der Waals surface area contributed by atoms with Crippen LogP contribution in [0.5, 0.6) is 0 Å². The summed E-state index contributed by atoms with van der Waals surface area (Å²) in [5, 5.41) is 11.4. The zero-order valence-corrected chi connectivity index (χ0v) is 13.0. The molecule has 1 saturated heterocycles. The molecule has 1 atom stereocenters. The minimum absolute atomic E-state index is 0.639. The van der Waals surface area contributed by atoms with Crippen LogP contribution in [-0.4, -0.2) is 31.4 Å². The van der Waals surface area contributed by atoms with E-state index in [1.807, 2.05) is 30.3 Å². The number of nitrogens with zero attached hydrogens (tertiary/aromatic N) is 1. The summed E-state index contributed by atoms with van der Waals surface area (Å²) in [5.74, 6) is 0. The van der Waals surface area contributed by atoms with Crippen molar-refractivity contribution in [1.29, 1.82) is 0 Å². The molecule has 3 rings (SSSR count). The fourth-order valence-electron chi connectivity index (χ4n) is 2.71. The average molecular weight is 319 g/mol. The second-order valence-electron chi connectivity index (χ2n) is 5.37. The van der Waals surface area contributed by atoms with E-state index in [9.17, 15) is 5.11 Å². The van der Waals surface area contributed by atoms with Crippen molar-refractivity contribution in [3.05, 3.63) is 58.6 Å². The SMILES string of the molecule is Nc1ccc(N2CCOCC2)c(C(O)c2ccc(Cl)cc2)c1. The lowest BCUT2D eigenvalue weighted by atomic mass is 9.98. The van der Waals surface area contributed by atoms with Crippen molar-refractivity contribution in [3.63, 3.8) is 0 Å². The molecule has 0 amide bonds. The number of hydrogen-bond acceptors (Lipinski definition) is 4. The molecule has 0 spiro atoms. The molecule has 5 heteroatoms. The van der Waals surface area contributed by atoms with Crippen molar-refractivity contribution in [2.45, 2.75) is 6.10 Å². The van der Waals surface area contributed by atoms with Crippen molar-refractivity contribution >= 4 is 23.0 Å². The van der Waals surface area contributed by atoms with Crippen LogP contribution in [-0.2, 0) is 4.74 Å². The Hall–Kier alpha value is -1.75. The summed E-state index contributed by atoms with van der Waals surface area (Å²) in [5.41, 5.74) is 9.17. The van der Waals surface area contributed by atoms with Crippen LogP contribution in [0.15, 0.2) is 42.5 Å². The number of aliphatic hydroxyl groups excluding tert-OH is 1. The molecular weight excluding hydrogens is 300 g/mol. The van der Waals surface area contributed by atoms with E-state index in [1.54, 1.807) is 12.1 Å². The van der Waals surface area contributed by atoms with Crippen molar-refractivity contribution in [2.24, 2.45) is 0 Å². The standard InChI is InChI=1S/C17H19ClN2O2/c18-13-3-1-12(2-4-13)17(21)15-11-14(19)5-6-16(15)20-7-9-22-10-8-20/h1-6,11,17,21H,7-10,19H2. The Morgan fingerprint density at radius 1 is 1.09 bits per heavy atom. The molecule has 4 nitrogen and oxygen atoms in total. The first-order chi connectivity index (χ1) is 10.6. The van der Waals surface area contributed by atoms with Gasteiger partial charge in [-0.25, -0.2) is 0 Å². The molecule has 0 bridgehead atoms. The van der Waals surface area contributed by atoms with Crippen LogP contribution in [0.4, 0.5) is 11.4 Å². The average Bonchev–Trinajstić information content (AvgIpc) is 2.55. The van der Waals surface area contributed by atoms with E-state index in [1.165, 1.54) is 0 Å². The zero-order chi connectivity index (χ0) is 15.5. The lowest BCUT2D eigenvalue weighted by Crippen LogP contribution is -2.37. The predicted octanol–water partition coefficient (Wildman–Crippen LogP) is 2.84. The minimum Gasteiger partial charge on any atom is -0.399 e. The molecule has 22 heavy (non-hydrogen) atoms. The summed E-state index contributed by atoms with van der Waals surface area (Å²) < 4.78 is 5.40. The molecular formula is C17H19ClN2O2. The molecule has 1 aliphatic rings. The number of nitrogens with two attached hydrogens (primary N) is 1. The predicted molar refractivity (Wildman–Crippen MR) is 89.4 cm³/mol. The smallest absolute Gasteiger partial charge is 0.106 e. The van der Waals surface area contributed by atoms with Crippen molar-refractivity contribution in [1.82, 2.24) is 0 Å². The highest BCUT2D eigenvalue weighted by atomic mass is 35.5. The fourth-order valence-corrected chi connectivity index (χ4v) is 2.83. The van der Waals surface area contributed by atoms with Crippen LogP contribution in [0.3, 0.4) is 0 Å². The fraction of sp³-hybridized carbons (Fsp3) is 0.294. The number of aliphatic hydroxyl groups is 1. The van der Waals surface area contributed by atoms with E-state index < -0.39 is 6.10 Å². The van der Waals surface area contributed by atoms with Gasteiger partial charge in [0.15, 0.2) is 0 Å². The van der Waals surface area contributed by atoms with E-state index >= 15 is 0 Å². The van der Waals surface area contributed by atoms with E-state index in [0.29, 0.717) is 23.9 Å². The maximum Gasteiger partial charge on any atom is 0.106 e. The summed E-state index contributed by atoms with van der Waals surface area (Å²) >= 11 is 5.92. The molecule has 0 saturated carbocycles. The third-order valence-corrected chi connectivity index (χ3v) is 4.14. The van der Waals surface area contributed by atoms with Crippen LogP contribution < -0.4 is 10.6 Å². The molecule has 3 N–H and O–H groups in total. The first-order valence-electron chi connectivity index (χ1n) is 7.31. The Morgan fingerprint density at radius 2 is 1.77 bits per heavy atom. The second-order valence-corrected chi connectivity index (χ2v) is 5.81.